The maximum atomic E-state index is 14.4. The van der Waals surface area contributed by atoms with Crippen LogP contribution in [0.3, 0.4) is 0 Å². The lowest BCUT2D eigenvalue weighted by Gasteiger charge is -2.32. The normalized spacial score (nSPS) is 11.0. The number of carbonyl (C=O) groups excluding carboxylic acids is 1. The highest BCUT2D eigenvalue weighted by molar-refractivity contribution is 5.90. The van der Waals surface area contributed by atoms with E-state index in [2.05, 4.69) is 5.32 Å². The Balaban J connectivity index is 1.72. The van der Waals surface area contributed by atoms with Crippen molar-refractivity contribution in [2.75, 3.05) is 19.0 Å². The van der Waals surface area contributed by atoms with Crippen LogP contribution in [0.25, 0.3) is 6.08 Å². The predicted molar refractivity (Wildman–Crippen MR) is 139 cm³/mol. The fourth-order valence-electron chi connectivity index (χ4n) is 4.00. The van der Waals surface area contributed by atoms with Gasteiger partial charge in [-0.3, -0.25) is 0 Å². The Bertz CT molecular complexity index is 1290. The first-order chi connectivity index (χ1) is 17.6. The maximum Gasteiger partial charge on any atom is 0.322 e. The van der Waals surface area contributed by atoms with Crippen LogP contribution < -0.4 is 10.1 Å². The smallest absolute Gasteiger partial charge is 0.322 e. The van der Waals surface area contributed by atoms with Crippen molar-refractivity contribution in [1.29, 1.82) is 0 Å². The summed E-state index contributed by atoms with van der Waals surface area (Å²) >= 11 is 0. The summed E-state index contributed by atoms with van der Waals surface area (Å²) < 4.78 is 33.2. The summed E-state index contributed by atoms with van der Waals surface area (Å²) in [5, 5.41) is 2.62. The Hall–Kier alpha value is -4.45. The maximum absolute atomic E-state index is 14.4. The number of hydrogen-bond donors (Lipinski definition) is 1. The number of halogens is 2. The van der Waals surface area contributed by atoms with E-state index in [1.165, 1.54) is 6.07 Å². The van der Waals surface area contributed by atoms with Gasteiger partial charge in [-0.05, 0) is 29.3 Å². The van der Waals surface area contributed by atoms with Crippen LogP contribution in [0, 0.1) is 11.6 Å². The number of benzene rings is 4. The van der Waals surface area contributed by atoms with E-state index in [-0.39, 0.29) is 12.2 Å². The molecule has 4 rings (SSSR count). The lowest BCUT2D eigenvalue weighted by atomic mass is 9.97. The monoisotopic (exact) mass is 484 g/mol. The summed E-state index contributed by atoms with van der Waals surface area (Å²) in [5.74, 6) is -0.849. The van der Waals surface area contributed by atoms with E-state index >= 15 is 0 Å². The molecule has 0 aliphatic carbocycles. The van der Waals surface area contributed by atoms with E-state index < -0.39 is 23.7 Å². The Morgan fingerprint density at radius 2 is 1.50 bits per heavy atom. The third-order valence-corrected chi connectivity index (χ3v) is 5.71. The molecule has 36 heavy (non-hydrogen) atoms. The second kappa shape index (κ2) is 11.8. The van der Waals surface area contributed by atoms with Gasteiger partial charge in [-0.25, -0.2) is 13.6 Å². The molecule has 0 heterocycles. The molecule has 4 aromatic carbocycles. The summed E-state index contributed by atoms with van der Waals surface area (Å²) in [6.07, 6.45) is 3.74. The molecule has 0 radical (unpaired) electrons. The molecule has 4 aromatic rings. The zero-order chi connectivity index (χ0) is 25.3. The topological polar surface area (TPSA) is 41.6 Å². The van der Waals surface area contributed by atoms with Gasteiger partial charge in [0.1, 0.15) is 17.4 Å². The standard InChI is InChI=1S/C30H26F2N2O2/c1-36-28-17-9-8-11-22(28)16-10-20-34(30(35)33-27-19-18-25(31)21-26(27)32)29(23-12-4-2-5-13-23)24-14-6-3-7-15-24/h2-19,21,29H,20H2,1H3,(H,33,35)/b16-10+. The molecule has 6 heteroatoms. The predicted octanol–water partition coefficient (Wildman–Crippen LogP) is 7.31. The van der Waals surface area contributed by atoms with Crippen LogP contribution in [0.2, 0.25) is 0 Å². The number of methoxy groups -OCH3 is 1. The van der Waals surface area contributed by atoms with Crippen molar-refractivity contribution in [2.45, 2.75) is 6.04 Å². The fraction of sp³-hybridized carbons (Fsp3) is 0.100. The molecule has 0 aliphatic rings. The Morgan fingerprint density at radius 1 is 0.889 bits per heavy atom. The van der Waals surface area contributed by atoms with Gasteiger partial charge >= 0.3 is 6.03 Å². The van der Waals surface area contributed by atoms with E-state index in [1.54, 1.807) is 12.0 Å². The van der Waals surface area contributed by atoms with Crippen molar-refractivity contribution in [3.63, 3.8) is 0 Å². The molecule has 0 fully saturated rings. The molecule has 0 bridgehead atoms. The van der Waals surface area contributed by atoms with Crippen LogP contribution >= 0.6 is 0 Å². The molecular formula is C30H26F2N2O2. The van der Waals surface area contributed by atoms with Crippen molar-refractivity contribution in [1.82, 2.24) is 4.90 Å². The molecule has 0 aliphatic heterocycles. The molecule has 0 saturated heterocycles. The molecule has 1 N–H and O–H groups in total. The lowest BCUT2D eigenvalue weighted by molar-refractivity contribution is 0.205. The number of anilines is 1. The second-order valence-electron chi connectivity index (χ2n) is 8.07. The number of nitrogens with zero attached hydrogens (tertiary/aromatic N) is 1. The van der Waals surface area contributed by atoms with Crippen LogP contribution in [0.5, 0.6) is 5.75 Å². The van der Waals surface area contributed by atoms with Crippen molar-refractivity contribution < 1.29 is 18.3 Å². The number of urea groups is 1. The van der Waals surface area contributed by atoms with Gasteiger partial charge in [-0.15, -0.1) is 0 Å². The molecule has 0 spiro atoms. The first-order valence-corrected chi connectivity index (χ1v) is 11.5. The van der Waals surface area contributed by atoms with Crippen molar-refractivity contribution >= 4 is 17.8 Å². The molecule has 0 saturated carbocycles. The van der Waals surface area contributed by atoms with E-state index in [0.717, 1.165) is 28.8 Å². The van der Waals surface area contributed by atoms with Crippen LogP contribution in [0.1, 0.15) is 22.7 Å². The lowest BCUT2D eigenvalue weighted by Crippen LogP contribution is -2.39. The minimum Gasteiger partial charge on any atom is -0.496 e. The molecule has 182 valence electrons. The molecule has 4 nitrogen and oxygen atoms in total. The van der Waals surface area contributed by atoms with Crippen LogP contribution in [-0.4, -0.2) is 24.6 Å². The van der Waals surface area contributed by atoms with Gasteiger partial charge in [0, 0.05) is 18.2 Å². The van der Waals surface area contributed by atoms with E-state index in [4.69, 9.17) is 4.74 Å². The summed E-state index contributed by atoms with van der Waals surface area (Å²) in [7, 11) is 1.60. The van der Waals surface area contributed by atoms with E-state index in [1.807, 2.05) is 97.1 Å². The SMILES string of the molecule is COc1ccccc1/C=C/CN(C(=O)Nc1ccc(F)cc1F)C(c1ccccc1)c1ccccc1. The van der Waals surface area contributed by atoms with Gasteiger partial charge in [0.15, 0.2) is 0 Å². The highest BCUT2D eigenvalue weighted by Crippen LogP contribution is 2.30. The largest absolute Gasteiger partial charge is 0.496 e. The number of hydrogen-bond acceptors (Lipinski definition) is 2. The number of amides is 2. The van der Waals surface area contributed by atoms with Crippen LogP contribution in [-0.2, 0) is 0 Å². The average molecular weight is 485 g/mol. The zero-order valence-electron chi connectivity index (χ0n) is 19.8. The average Bonchev–Trinajstić information content (AvgIpc) is 2.91. The number of para-hydroxylation sites is 1. The minimum atomic E-state index is -0.844. The number of rotatable bonds is 8. The second-order valence-corrected chi connectivity index (χ2v) is 8.07. The van der Waals surface area contributed by atoms with Gasteiger partial charge in [0.25, 0.3) is 0 Å². The molecule has 0 aromatic heterocycles. The van der Waals surface area contributed by atoms with Crippen LogP contribution in [0.15, 0.2) is 109 Å². The fourth-order valence-corrected chi connectivity index (χ4v) is 4.00. The third-order valence-electron chi connectivity index (χ3n) is 5.71. The number of ether oxygens (including phenoxy) is 1. The summed E-state index contributed by atoms with van der Waals surface area (Å²) in [5.41, 5.74) is 2.55. The van der Waals surface area contributed by atoms with Crippen molar-refractivity contribution in [2.24, 2.45) is 0 Å². The van der Waals surface area contributed by atoms with Gasteiger partial charge < -0.3 is 15.0 Å². The summed E-state index contributed by atoms with van der Waals surface area (Å²) in [6.45, 7) is 0.209. The Morgan fingerprint density at radius 3 is 2.11 bits per heavy atom. The van der Waals surface area contributed by atoms with E-state index in [9.17, 15) is 13.6 Å². The van der Waals surface area contributed by atoms with Gasteiger partial charge in [0.05, 0.1) is 18.8 Å². The highest BCUT2D eigenvalue weighted by Gasteiger charge is 2.26. The summed E-state index contributed by atoms with van der Waals surface area (Å²) in [4.78, 5) is 15.2. The Kier molecular flexibility index (Phi) is 8.08. The van der Waals surface area contributed by atoms with E-state index in [0.29, 0.717) is 5.75 Å². The zero-order valence-corrected chi connectivity index (χ0v) is 19.8. The van der Waals surface area contributed by atoms with Crippen LogP contribution in [0.4, 0.5) is 19.3 Å². The van der Waals surface area contributed by atoms with Crippen molar-refractivity contribution in [3.05, 3.63) is 138 Å². The number of nitrogens with one attached hydrogen (secondary N) is 1. The third kappa shape index (κ3) is 5.96. The quantitative estimate of drug-likeness (QED) is 0.285. The molecule has 2 amide bonds. The molecular weight excluding hydrogens is 458 g/mol. The van der Waals surface area contributed by atoms with Gasteiger partial charge in [0.2, 0.25) is 0 Å². The first-order valence-electron chi connectivity index (χ1n) is 11.5. The van der Waals surface area contributed by atoms with Gasteiger partial charge in [-0.1, -0.05) is 91.0 Å². The van der Waals surface area contributed by atoms with Crippen molar-refractivity contribution in [3.8, 4) is 5.75 Å². The molecule has 0 unspecified atom stereocenters. The number of carbonyl (C=O) groups is 1. The van der Waals surface area contributed by atoms with Gasteiger partial charge in [-0.2, -0.15) is 0 Å². The highest BCUT2D eigenvalue weighted by atomic mass is 19.1. The minimum absolute atomic E-state index is 0.0972. The Labute approximate surface area is 209 Å². The summed E-state index contributed by atoms with van der Waals surface area (Å²) in [6, 6.07) is 28.9. The molecule has 0 atom stereocenters. The first kappa shape index (κ1) is 24.7.